The molecule has 10 heteroatoms. The fourth-order valence-corrected chi connectivity index (χ4v) is 5.98. The Morgan fingerprint density at radius 3 is 1.05 bits per heavy atom. The van der Waals surface area contributed by atoms with Gasteiger partial charge in [0, 0.05) is 12.2 Å². The van der Waals surface area contributed by atoms with Gasteiger partial charge in [0.15, 0.2) is 11.5 Å². The van der Waals surface area contributed by atoms with Gasteiger partial charge in [-0.1, -0.05) is 73.8 Å². The largest absolute Gasteiger partial charge is 0.494 e. The summed E-state index contributed by atoms with van der Waals surface area (Å²) in [4.78, 5) is 48.5. The summed E-state index contributed by atoms with van der Waals surface area (Å²) >= 11 is 0. The molecule has 0 aromatic heterocycles. The van der Waals surface area contributed by atoms with Gasteiger partial charge in [0.1, 0.15) is 11.5 Å². The molecule has 0 unspecified atom stereocenters. The average Bonchev–Trinajstić information content (AvgIpc) is 3.29. The number of ether oxygens (including phenoxy) is 6. The summed E-state index contributed by atoms with van der Waals surface area (Å²) in [5.74, 6) is -0.187. The van der Waals surface area contributed by atoms with Crippen LogP contribution in [0.15, 0.2) is 147 Å². The number of hydrogen-bond donors (Lipinski definition) is 0. The van der Waals surface area contributed by atoms with E-state index in [2.05, 4.69) is 13.2 Å². The van der Waals surface area contributed by atoms with Crippen molar-refractivity contribution in [1.82, 2.24) is 0 Å². The van der Waals surface area contributed by atoms with Crippen molar-refractivity contribution in [2.24, 2.45) is 0 Å². The maximum absolute atomic E-state index is 13.2. The SMILES string of the molecule is C=CC(=O)OCCCCCCOc1ccc(-c2ccc(C(=O)Oc3ccccc3OC(=O)c3ccc(-c4ccc(OCCCCCCOC(=O)C=C)cc4)cc3)cc2)cc1. The molecular weight excluding hydrogens is 761 g/mol. The molecule has 0 amide bonds. The van der Waals surface area contributed by atoms with Crippen molar-refractivity contribution in [2.45, 2.75) is 51.4 Å². The molecule has 0 N–H and O–H groups in total. The molecule has 5 aromatic rings. The molecular formula is C50H50O10. The van der Waals surface area contributed by atoms with Crippen molar-refractivity contribution in [2.75, 3.05) is 26.4 Å². The van der Waals surface area contributed by atoms with E-state index in [9.17, 15) is 19.2 Å². The number of para-hydroxylation sites is 2. The van der Waals surface area contributed by atoms with E-state index in [1.807, 2.05) is 72.8 Å². The summed E-state index contributed by atoms with van der Waals surface area (Å²) < 4.78 is 33.1. The van der Waals surface area contributed by atoms with Crippen LogP contribution in [0.1, 0.15) is 72.1 Å². The molecule has 10 nitrogen and oxygen atoms in total. The minimum Gasteiger partial charge on any atom is -0.494 e. The summed E-state index contributed by atoms with van der Waals surface area (Å²) in [5.41, 5.74) is 4.45. The molecule has 0 aliphatic carbocycles. The van der Waals surface area contributed by atoms with E-state index >= 15 is 0 Å². The lowest BCUT2D eigenvalue weighted by molar-refractivity contribution is -0.138. The minimum absolute atomic E-state index is 0.120. The van der Waals surface area contributed by atoms with Crippen molar-refractivity contribution in [1.29, 1.82) is 0 Å². The van der Waals surface area contributed by atoms with E-state index in [1.54, 1.807) is 48.5 Å². The van der Waals surface area contributed by atoms with Gasteiger partial charge in [0.25, 0.3) is 0 Å². The van der Waals surface area contributed by atoms with E-state index in [0.717, 1.165) is 85.1 Å². The van der Waals surface area contributed by atoms with Crippen LogP contribution in [-0.4, -0.2) is 50.3 Å². The van der Waals surface area contributed by atoms with Crippen LogP contribution in [0.3, 0.4) is 0 Å². The topological polar surface area (TPSA) is 124 Å². The predicted molar refractivity (Wildman–Crippen MR) is 230 cm³/mol. The quantitative estimate of drug-likeness (QED) is 0.0257. The smallest absolute Gasteiger partial charge is 0.343 e. The first-order chi connectivity index (χ1) is 29.3. The number of carbonyl (C=O) groups excluding carboxylic acids is 4. The molecule has 0 atom stereocenters. The highest BCUT2D eigenvalue weighted by atomic mass is 16.6. The van der Waals surface area contributed by atoms with Crippen molar-refractivity contribution >= 4 is 23.9 Å². The number of rotatable bonds is 24. The molecule has 0 spiro atoms. The van der Waals surface area contributed by atoms with Gasteiger partial charge >= 0.3 is 23.9 Å². The molecule has 0 heterocycles. The highest BCUT2D eigenvalue weighted by Crippen LogP contribution is 2.30. The van der Waals surface area contributed by atoms with E-state index in [-0.39, 0.29) is 11.5 Å². The number of esters is 4. The summed E-state index contributed by atoms with van der Waals surface area (Å²) in [6.45, 7) is 8.75. The summed E-state index contributed by atoms with van der Waals surface area (Å²) in [5, 5.41) is 0. The molecule has 0 aliphatic rings. The molecule has 310 valence electrons. The summed E-state index contributed by atoms with van der Waals surface area (Å²) in [7, 11) is 0. The predicted octanol–water partition coefficient (Wildman–Crippen LogP) is 10.8. The number of unbranched alkanes of at least 4 members (excludes halogenated alkanes) is 6. The Hall–Kier alpha value is -6.94. The van der Waals surface area contributed by atoms with Crippen LogP contribution in [0.4, 0.5) is 0 Å². The van der Waals surface area contributed by atoms with E-state index in [1.165, 1.54) is 12.2 Å². The third-order valence-electron chi connectivity index (χ3n) is 9.31. The fraction of sp³-hybridized carbons (Fsp3) is 0.240. The maximum atomic E-state index is 13.2. The first-order valence-corrected chi connectivity index (χ1v) is 20.1. The van der Waals surface area contributed by atoms with Crippen molar-refractivity contribution in [3.05, 3.63) is 158 Å². The summed E-state index contributed by atoms with van der Waals surface area (Å²) in [6.07, 6.45) is 9.60. The molecule has 0 fully saturated rings. The minimum atomic E-state index is -0.590. The molecule has 0 saturated carbocycles. The second-order valence-electron chi connectivity index (χ2n) is 13.7. The van der Waals surface area contributed by atoms with Crippen LogP contribution in [0.5, 0.6) is 23.0 Å². The van der Waals surface area contributed by atoms with Gasteiger partial charge in [0.05, 0.1) is 37.6 Å². The van der Waals surface area contributed by atoms with Crippen LogP contribution in [0.2, 0.25) is 0 Å². The number of carbonyl (C=O) groups is 4. The second kappa shape index (κ2) is 24.1. The Morgan fingerprint density at radius 2 is 0.717 bits per heavy atom. The Balaban J connectivity index is 1.05. The van der Waals surface area contributed by atoms with Gasteiger partial charge in [0.2, 0.25) is 0 Å². The zero-order chi connectivity index (χ0) is 42.4. The first kappa shape index (κ1) is 44.2. The van der Waals surface area contributed by atoms with Gasteiger partial charge in [-0.15, -0.1) is 0 Å². The average molecular weight is 811 g/mol. The van der Waals surface area contributed by atoms with Gasteiger partial charge in [-0.25, -0.2) is 19.2 Å². The van der Waals surface area contributed by atoms with Crippen LogP contribution < -0.4 is 18.9 Å². The Kier molecular flexibility index (Phi) is 17.7. The molecule has 5 rings (SSSR count). The van der Waals surface area contributed by atoms with E-state index in [4.69, 9.17) is 28.4 Å². The standard InChI is InChI=1S/C50H50O10/c1-3-47(51)57-35-13-7-5-11-33-55-43-29-25-39(26-30-43)37-17-21-41(22-18-37)49(53)59-45-15-9-10-16-46(45)60-50(54)42-23-19-38(20-24-42)40-27-31-44(32-28-40)56-34-12-6-8-14-36-58-48(52)4-2/h3-4,9-10,15-32H,1-2,5-8,11-14,33-36H2. The van der Waals surface area contributed by atoms with Crippen LogP contribution >= 0.6 is 0 Å². The van der Waals surface area contributed by atoms with E-state index in [0.29, 0.717) is 37.6 Å². The fourth-order valence-electron chi connectivity index (χ4n) is 5.98. The highest BCUT2D eigenvalue weighted by molar-refractivity contribution is 5.94. The van der Waals surface area contributed by atoms with Crippen molar-refractivity contribution in [3.8, 4) is 45.3 Å². The van der Waals surface area contributed by atoms with Gasteiger partial charge in [-0.3, -0.25) is 0 Å². The highest BCUT2D eigenvalue weighted by Gasteiger charge is 2.17. The van der Waals surface area contributed by atoms with Gasteiger partial charge < -0.3 is 28.4 Å². The van der Waals surface area contributed by atoms with Crippen LogP contribution in [0.25, 0.3) is 22.3 Å². The number of benzene rings is 5. The van der Waals surface area contributed by atoms with Crippen molar-refractivity contribution in [3.63, 3.8) is 0 Å². The zero-order valence-corrected chi connectivity index (χ0v) is 33.7. The van der Waals surface area contributed by atoms with Crippen molar-refractivity contribution < 1.29 is 47.6 Å². The lowest BCUT2D eigenvalue weighted by Gasteiger charge is -2.11. The van der Waals surface area contributed by atoms with E-state index < -0.39 is 23.9 Å². The molecule has 60 heavy (non-hydrogen) atoms. The summed E-state index contributed by atoms with van der Waals surface area (Å²) in [6, 6.07) is 36.2. The monoisotopic (exact) mass is 810 g/mol. The Labute approximate surface area is 351 Å². The molecule has 0 bridgehead atoms. The zero-order valence-electron chi connectivity index (χ0n) is 33.7. The molecule has 0 radical (unpaired) electrons. The normalized spacial score (nSPS) is 10.5. The second-order valence-corrected chi connectivity index (χ2v) is 13.7. The Morgan fingerprint density at radius 1 is 0.400 bits per heavy atom. The third-order valence-corrected chi connectivity index (χ3v) is 9.31. The molecule has 0 saturated heterocycles. The number of hydrogen-bond acceptors (Lipinski definition) is 10. The van der Waals surface area contributed by atoms with Crippen LogP contribution in [-0.2, 0) is 19.1 Å². The lowest BCUT2D eigenvalue weighted by Crippen LogP contribution is -2.12. The third kappa shape index (κ3) is 14.5. The van der Waals surface area contributed by atoms with Gasteiger partial charge in [-0.2, -0.15) is 0 Å². The lowest BCUT2D eigenvalue weighted by atomic mass is 10.0. The van der Waals surface area contributed by atoms with Gasteiger partial charge in [-0.05, 0) is 134 Å². The van der Waals surface area contributed by atoms with Crippen LogP contribution in [0, 0.1) is 0 Å². The first-order valence-electron chi connectivity index (χ1n) is 20.1. The maximum Gasteiger partial charge on any atom is 0.343 e. The Bertz CT molecular complexity index is 2000. The molecule has 5 aromatic carbocycles. The molecule has 0 aliphatic heterocycles.